The molecule has 0 radical (unpaired) electrons. The molecule has 2 atom stereocenters. The van der Waals surface area contributed by atoms with E-state index in [0.29, 0.717) is 26.1 Å². The molecule has 0 saturated carbocycles. The minimum absolute atomic E-state index is 0.00844. The van der Waals surface area contributed by atoms with Crippen LogP contribution in [0.4, 0.5) is 17.6 Å². The SMILES string of the molecule is O=C(c1cc(OC(F)(F)F)ccc1F)C1CC2COCC(C1)N2. The van der Waals surface area contributed by atoms with Gasteiger partial charge in [0.2, 0.25) is 0 Å². The van der Waals surface area contributed by atoms with Gasteiger partial charge in [-0.2, -0.15) is 0 Å². The largest absolute Gasteiger partial charge is 0.573 e. The van der Waals surface area contributed by atoms with Crippen molar-refractivity contribution in [2.45, 2.75) is 31.3 Å². The molecule has 1 aromatic carbocycles. The van der Waals surface area contributed by atoms with E-state index < -0.39 is 29.6 Å². The summed E-state index contributed by atoms with van der Waals surface area (Å²) in [5, 5.41) is 3.30. The van der Waals surface area contributed by atoms with E-state index in [1.807, 2.05) is 0 Å². The van der Waals surface area contributed by atoms with E-state index in [1.54, 1.807) is 0 Å². The minimum Gasteiger partial charge on any atom is -0.406 e. The van der Waals surface area contributed by atoms with Gasteiger partial charge in [0, 0.05) is 18.0 Å². The maximum atomic E-state index is 13.9. The molecule has 0 spiro atoms. The summed E-state index contributed by atoms with van der Waals surface area (Å²) in [7, 11) is 0. The highest BCUT2D eigenvalue weighted by atomic mass is 19.4. The lowest BCUT2D eigenvalue weighted by atomic mass is 9.82. The molecule has 126 valence electrons. The average Bonchev–Trinajstić information content (AvgIpc) is 2.46. The molecule has 0 aliphatic carbocycles. The first-order chi connectivity index (χ1) is 10.8. The Bertz CT molecular complexity index is 593. The van der Waals surface area contributed by atoms with Crippen molar-refractivity contribution >= 4 is 5.78 Å². The molecule has 1 aromatic rings. The van der Waals surface area contributed by atoms with Crippen LogP contribution in [-0.2, 0) is 4.74 Å². The summed E-state index contributed by atoms with van der Waals surface area (Å²) in [4.78, 5) is 12.5. The molecule has 2 bridgehead atoms. The minimum atomic E-state index is -4.89. The standard InChI is InChI=1S/C15H15F4NO3/c16-13-2-1-11(23-15(17,18)19)5-12(13)14(21)8-3-9-6-22-7-10(4-8)20-9/h1-2,5,8-10,20H,3-4,6-7H2. The van der Waals surface area contributed by atoms with Crippen LogP contribution in [0.3, 0.4) is 0 Å². The third kappa shape index (κ3) is 3.81. The predicted octanol–water partition coefficient (Wildman–Crippen LogP) is 2.67. The zero-order valence-electron chi connectivity index (χ0n) is 12.0. The quantitative estimate of drug-likeness (QED) is 0.682. The first kappa shape index (κ1) is 16.2. The second-order valence-corrected chi connectivity index (χ2v) is 5.82. The molecule has 2 saturated heterocycles. The van der Waals surface area contributed by atoms with Gasteiger partial charge in [0.25, 0.3) is 0 Å². The lowest BCUT2D eigenvalue weighted by Crippen LogP contribution is -2.55. The fourth-order valence-corrected chi connectivity index (χ4v) is 3.16. The number of piperidine rings is 1. The molecule has 2 aliphatic rings. The maximum Gasteiger partial charge on any atom is 0.573 e. The normalized spacial score (nSPS) is 27.6. The second kappa shape index (κ2) is 6.09. The number of Topliss-reactive ketones (excluding diaryl/α,β-unsaturated/α-hetero) is 1. The molecular weight excluding hydrogens is 318 g/mol. The number of nitrogens with one attached hydrogen (secondary N) is 1. The number of morpholine rings is 1. The zero-order valence-corrected chi connectivity index (χ0v) is 12.0. The molecule has 2 aliphatic heterocycles. The first-order valence-electron chi connectivity index (χ1n) is 7.25. The van der Waals surface area contributed by atoms with Crippen molar-refractivity contribution in [3.05, 3.63) is 29.6 Å². The summed E-state index contributed by atoms with van der Waals surface area (Å²) in [6.45, 7) is 0.944. The van der Waals surface area contributed by atoms with Crippen molar-refractivity contribution in [3.63, 3.8) is 0 Å². The Morgan fingerprint density at radius 3 is 2.48 bits per heavy atom. The fourth-order valence-electron chi connectivity index (χ4n) is 3.16. The summed E-state index contributed by atoms with van der Waals surface area (Å²) in [6, 6.07) is 2.51. The third-order valence-corrected chi connectivity index (χ3v) is 4.06. The van der Waals surface area contributed by atoms with E-state index in [4.69, 9.17) is 4.74 Å². The van der Waals surface area contributed by atoms with E-state index in [-0.39, 0.29) is 17.6 Å². The Kier molecular flexibility index (Phi) is 4.29. The molecule has 8 heteroatoms. The van der Waals surface area contributed by atoms with Crippen molar-refractivity contribution < 1.29 is 31.8 Å². The highest BCUT2D eigenvalue weighted by Gasteiger charge is 2.37. The number of halogens is 4. The Morgan fingerprint density at radius 2 is 1.87 bits per heavy atom. The highest BCUT2D eigenvalue weighted by molar-refractivity contribution is 5.98. The van der Waals surface area contributed by atoms with Crippen molar-refractivity contribution in [2.75, 3.05) is 13.2 Å². The number of hydrogen-bond acceptors (Lipinski definition) is 4. The molecule has 2 unspecified atom stereocenters. The topological polar surface area (TPSA) is 47.6 Å². The molecule has 3 rings (SSSR count). The van der Waals surface area contributed by atoms with Crippen LogP contribution in [-0.4, -0.2) is 37.4 Å². The molecule has 1 N–H and O–H groups in total. The van der Waals surface area contributed by atoms with Crippen LogP contribution in [0.1, 0.15) is 23.2 Å². The molecule has 2 heterocycles. The summed E-state index contributed by atoms with van der Waals surface area (Å²) in [5.41, 5.74) is -0.363. The van der Waals surface area contributed by atoms with Gasteiger partial charge < -0.3 is 14.8 Å². The van der Waals surface area contributed by atoms with Gasteiger partial charge >= 0.3 is 6.36 Å². The van der Waals surface area contributed by atoms with Gasteiger partial charge in [-0.15, -0.1) is 13.2 Å². The number of ether oxygens (including phenoxy) is 2. The Balaban J connectivity index is 1.80. The van der Waals surface area contributed by atoms with Gasteiger partial charge in [-0.25, -0.2) is 4.39 Å². The van der Waals surface area contributed by atoms with E-state index in [0.717, 1.165) is 18.2 Å². The third-order valence-electron chi connectivity index (χ3n) is 4.06. The number of carbonyl (C=O) groups excluding carboxylic acids is 1. The molecule has 0 aromatic heterocycles. The number of benzene rings is 1. The van der Waals surface area contributed by atoms with Crippen molar-refractivity contribution in [2.24, 2.45) is 5.92 Å². The highest BCUT2D eigenvalue weighted by Crippen LogP contribution is 2.30. The monoisotopic (exact) mass is 333 g/mol. The lowest BCUT2D eigenvalue weighted by molar-refractivity contribution is -0.274. The van der Waals surface area contributed by atoms with Crippen molar-refractivity contribution in [1.29, 1.82) is 0 Å². The molecule has 23 heavy (non-hydrogen) atoms. The van der Waals surface area contributed by atoms with Gasteiger partial charge in [-0.05, 0) is 31.0 Å². The zero-order chi connectivity index (χ0) is 16.6. The number of fused-ring (bicyclic) bond motifs is 2. The van der Waals surface area contributed by atoms with Crippen molar-refractivity contribution in [3.8, 4) is 5.75 Å². The van der Waals surface area contributed by atoms with Gasteiger partial charge in [-0.3, -0.25) is 4.79 Å². The van der Waals surface area contributed by atoms with E-state index >= 15 is 0 Å². The molecular formula is C15H15F4NO3. The van der Waals surface area contributed by atoms with Crippen LogP contribution in [0, 0.1) is 11.7 Å². The van der Waals surface area contributed by atoms with Gasteiger partial charge in [-0.1, -0.05) is 0 Å². The Hall–Kier alpha value is -1.67. The smallest absolute Gasteiger partial charge is 0.406 e. The maximum absolute atomic E-state index is 13.9. The van der Waals surface area contributed by atoms with Crippen LogP contribution in [0.2, 0.25) is 0 Å². The number of carbonyl (C=O) groups is 1. The van der Waals surface area contributed by atoms with Crippen molar-refractivity contribution in [1.82, 2.24) is 5.32 Å². The Labute approximate surface area is 129 Å². The average molecular weight is 333 g/mol. The predicted molar refractivity (Wildman–Crippen MR) is 71.7 cm³/mol. The number of alkyl halides is 3. The van der Waals surface area contributed by atoms with Crippen LogP contribution < -0.4 is 10.1 Å². The first-order valence-corrected chi connectivity index (χ1v) is 7.25. The lowest BCUT2D eigenvalue weighted by Gasteiger charge is -2.39. The van der Waals surface area contributed by atoms with Crippen LogP contribution in [0.25, 0.3) is 0 Å². The van der Waals surface area contributed by atoms with Crippen LogP contribution >= 0.6 is 0 Å². The molecule has 4 nitrogen and oxygen atoms in total. The molecule has 2 fully saturated rings. The van der Waals surface area contributed by atoms with Crippen LogP contribution in [0.15, 0.2) is 18.2 Å². The van der Waals surface area contributed by atoms with Gasteiger partial charge in [0.1, 0.15) is 11.6 Å². The number of hydrogen-bond donors (Lipinski definition) is 1. The second-order valence-electron chi connectivity index (χ2n) is 5.82. The van der Waals surface area contributed by atoms with Gasteiger partial charge in [0.05, 0.1) is 18.8 Å². The summed E-state index contributed by atoms with van der Waals surface area (Å²) in [6.07, 6.45) is -3.94. The van der Waals surface area contributed by atoms with E-state index in [1.165, 1.54) is 0 Å². The fraction of sp³-hybridized carbons (Fsp3) is 0.533. The van der Waals surface area contributed by atoms with Crippen LogP contribution in [0.5, 0.6) is 5.75 Å². The summed E-state index contributed by atoms with van der Waals surface area (Å²) in [5.74, 6) is -2.37. The summed E-state index contributed by atoms with van der Waals surface area (Å²) < 4.78 is 59.8. The summed E-state index contributed by atoms with van der Waals surface area (Å²) >= 11 is 0. The van der Waals surface area contributed by atoms with E-state index in [9.17, 15) is 22.4 Å². The number of ketones is 1. The molecule has 0 amide bonds. The van der Waals surface area contributed by atoms with E-state index in [2.05, 4.69) is 10.1 Å². The number of rotatable bonds is 3. The Morgan fingerprint density at radius 1 is 1.22 bits per heavy atom. The van der Waals surface area contributed by atoms with Gasteiger partial charge in [0.15, 0.2) is 5.78 Å².